The molecule has 0 amide bonds. The number of ether oxygens (including phenoxy) is 2. The lowest BCUT2D eigenvalue weighted by Crippen LogP contribution is -2.45. The summed E-state index contributed by atoms with van der Waals surface area (Å²) in [4.78, 5) is 0. The number of aryl methyl sites for hydroxylation is 1. The van der Waals surface area contributed by atoms with E-state index < -0.39 is 5.79 Å². The molecule has 19 heavy (non-hydrogen) atoms. The highest BCUT2D eigenvalue weighted by molar-refractivity contribution is 5.45. The summed E-state index contributed by atoms with van der Waals surface area (Å²) >= 11 is 0. The van der Waals surface area contributed by atoms with Crippen molar-refractivity contribution < 1.29 is 9.47 Å². The van der Waals surface area contributed by atoms with Crippen LogP contribution in [0.1, 0.15) is 39.2 Å². The van der Waals surface area contributed by atoms with Gasteiger partial charge < -0.3 is 14.8 Å². The highest BCUT2D eigenvalue weighted by atomic mass is 16.7. The largest absolute Gasteiger partial charge is 0.378 e. The van der Waals surface area contributed by atoms with E-state index in [0.717, 1.165) is 5.69 Å². The second-order valence-electron chi connectivity index (χ2n) is 5.66. The van der Waals surface area contributed by atoms with Crippen LogP contribution in [0, 0.1) is 0 Å². The van der Waals surface area contributed by atoms with Crippen LogP contribution >= 0.6 is 0 Å². The van der Waals surface area contributed by atoms with Crippen molar-refractivity contribution in [2.75, 3.05) is 18.5 Å². The summed E-state index contributed by atoms with van der Waals surface area (Å²) in [6.45, 7) is 7.49. The highest BCUT2D eigenvalue weighted by Crippen LogP contribution is 2.20. The molecule has 0 spiro atoms. The van der Waals surface area contributed by atoms with Gasteiger partial charge in [-0.05, 0) is 44.4 Å². The fourth-order valence-electron chi connectivity index (χ4n) is 2.16. The Morgan fingerprint density at radius 1 is 1.16 bits per heavy atom. The Balaban J connectivity index is 1.83. The summed E-state index contributed by atoms with van der Waals surface area (Å²) in [5, 5.41) is 3.45. The first-order valence-corrected chi connectivity index (χ1v) is 7.22. The standard InChI is InChI=1S/C16H25NO2/c1-4-5-6-13-7-9-14(10-8-13)17-15-11-18-16(2,3)19-12-15/h7-10,15,17H,4-6,11-12H2,1-3H3. The van der Waals surface area contributed by atoms with Gasteiger partial charge >= 0.3 is 0 Å². The molecule has 1 aliphatic heterocycles. The number of hydrogen-bond acceptors (Lipinski definition) is 3. The van der Waals surface area contributed by atoms with E-state index in [0.29, 0.717) is 13.2 Å². The summed E-state index contributed by atoms with van der Waals surface area (Å²) < 4.78 is 11.3. The number of rotatable bonds is 5. The smallest absolute Gasteiger partial charge is 0.162 e. The molecule has 1 aromatic carbocycles. The third kappa shape index (κ3) is 4.51. The number of nitrogens with one attached hydrogen (secondary N) is 1. The first kappa shape index (κ1) is 14.4. The van der Waals surface area contributed by atoms with E-state index in [-0.39, 0.29) is 6.04 Å². The summed E-state index contributed by atoms with van der Waals surface area (Å²) in [5.41, 5.74) is 2.54. The van der Waals surface area contributed by atoms with Crippen LogP contribution in [0.3, 0.4) is 0 Å². The lowest BCUT2D eigenvalue weighted by Gasteiger charge is -2.35. The van der Waals surface area contributed by atoms with Crippen molar-refractivity contribution in [3.05, 3.63) is 29.8 Å². The van der Waals surface area contributed by atoms with Gasteiger partial charge in [0.25, 0.3) is 0 Å². The van der Waals surface area contributed by atoms with Gasteiger partial charge in [-0.15, -0.1) is 0 Å². The monoisotopic (exact) mass is 263 g/mol. The fraction of sp³-hybridized carbons (Fsp3) is 0.625. The van der Waals surface area contributed by atoms with E-state index in [9.17, 15) is 0 Å². The molecule has 1 fully saturated rings. The molecule has 0 radical (unpaired) electrons. The molecule has 106 valence electrons. The van der Waals surface area contributed by atoms with Crippen LogP contribution in [0.25, 0.3) is 0 Å². The van der Waals surface area contributed by atoms with Crippen molar-refractivity contribution in [3.8, 4) is 0 Å². The van der Waals surface area contributed by atoms with Crippen LogP contribution in [-0.4, -0.2) is 25.0 Å². The summed E-state index contributed by atoms with van der Waals surface area (Å²) in [6, 6.07) is 8.92. The third-order valence-corrected chi connectivity index (χ3v) is 3.41. The van der Waals surface area contributed by atoms with Crippen molar-refractivity contribution in [2.45, 2.75) is 51.9 Å². The Hall–Kier alpha value is -1.06. The molecular formula is C16H25NO2. The molecule has 1 heterocycles. The van der Waals surface area contributed by atoms with Gasteiger partial charge in [-0.1, -0.05) is 25.5 Å². The Kier molecular flexibility index (Phi) is 4.83. The van der Waals surface area contributed by atoms with Crippen molar-refractivity contribution >= 4 is 5.69 Å². The second-order valence-corrected chi connectivity index (χ2v) is 5.66. The van der Waals surface area contributed by atoms with Crippen molar-refractivity contribution in [3.63, 3.8) is 0 Å². The minimum Gasteiger partial charge on any atom is -0.378 e. The van der Waals surface area contributed by atoms with Crippen LogP contribution in [0.5, 0.6) is 0 Å². The third-order valence-electron chi connectivity index (χ3n) is 3.41. The predicted octanol–water partition coefficient (Wildman–Crippen LogP) is 3.59. The molecule has 0 aromatic heterocycles. The number of hydrogen-bond donors (Lipinski definition) is 1. The van der Waals surface area contributed by atoms with Crippen LogP contribution in [0.2, 0.25) is 0 Å². The minimum absolute atomic E-state index is 0.231. The maximum Gasteiger partial charge on any atom is 0.162 e. The lowest BCUT2D eigenvalue weighted by atomic mass is 10.1. The van der Waals surface area contributed by atoms with E-state index in [1.54, 1.807) is 0 Å². The molecule has 0 saturated carbocycles. The zero-order chi connectivity index (χ0) is 13.7. The Morgan fingerprint density at radius 3 is 2.37 bits per heavy atom. The molecule has 0 unspecified atom stereocenters. The molecule has 3 nitrogen and oxygen atoms in total. The summed E-state index contributed by atoms with van der Waals surface area (Å²) in [7, 11) is 0. The average molecular weight is 263 g/mol. The fourth-order valence-corrected chi connectivity index (χ4v) is 2.16. The van der Waals surface area contributed by atoms with Crippen molar-refractivity contribution in [1.82, 2.24) is 0 Å². The zero-order valence-electron chi connectivity index (χ0n) is 12.2. The molecule has 2 rings (SSSR count). The first-order chi connectivity index (χ1) is 9.09. The van der Waals surface area contributed by atoms with Gasteiger partial charge in [0, 0.05) is 5.69 Å². The molecule has 3 heteroatoms. The summed E-state index contributed by atoms with van der Waals surface area (Å²) in [6.07, 6.45) is 3.67. The minimum atomic E-state index is -0.442. The van der Waals surface area contributed by atoms with Gasteiger partial charge in [-0.25, -0.2) is 0 Å². The molecule has 0 atom stereocenters. The van der Waals surface area contributed by atoms with E-state index >= 15 is 0 Å². The second kappa shape index (κ2) is 6.40. The Morgan fingerprint density at radius 2 is 1.79 bits per heavy atom. The predicted molar refractivity (Wildman–Crippen MR) is 78.4 cm³/mol. The van der Waals surface area contributed by atoms with Crippen LogP contribution < -0.4 is 5.32 Å². The van der Waals surface area contributed by atoms with Gasteiger partial charge in [0.15, 0.2) is 5.79 Å². The number of anilines is 1. The van der Waals surface area contributed by atoms with E-state index in [2.05, 4.69) is 36.5 Å². The van der Waals surface area contributed by atoms with Gasteiger partial charge in [0.2, 0.25) is 0 Å². The van der Waals surface area contributed by atoms with Crippen molar-refractivity contribution in [1.29, 1.82) is 0 Å². The van der Waals surface area contributed by atoms with Gasteiger partial charge in [0.1, 0.15) is 0 Å². The van der Waals surface area contributed by atoms with Crippen LogP contribution in [-0.2, 0) is 15.9 Å². The molecule has 0 aliphatic carbocycles. The van der Waals surface area contributed by atoms with Gasteiger partial charge in [0.05, 0.1) is 19.3 Å². The molecule has 1 aliphatic rings. The van der Waals surface area contributed by atoms with Crippen LogP contribution in [0.15, 0.2) is 24.3 Å². The maximum absolute atomic E-state index is 5.64. The van der Waals surface area contributed by atoms with Gasteiger partial charge in [-0.2, -0.15) is 0 Å². The SMILES string of the molecule is CCCCc1ccc(NC2COC(C)(C)OC2)cc1. The molecular weight excluding hydrogens is 238 g/mol. The van der Waals surface area contributed by atoms with E-state index in [1.165, 1.54) is 24.8 Å². The van der Waals surface area contributed by atoms with Crippen LogP contribution in [0.4, 0.5) is 5.69 Å². The number of benzene rings is 1. The first-order valence-electron chi connectivity index (χ1n) is 7.22. The quantitative estimate of drug-likeness (QED) is 0.880. The highest BCUT2D eigenvalue weighted by Gasteiger charge is 2.27. The van der Waals surface area contributed by atoms with E-state index in [4.69, 9.17) is 9.47 Å². The number of unbranched alkanes of at least 4 members (excludes halogenated alkanes) is 1. The molecule has 1 saturated heterocycles. The maximum atomic E-state index is 5.64. The topological polar surface area (TPSA) is 30.5 Å². The van der Waals surface area contributed by atoms with Gasteiger partial charge in [-0.3, -0.25) is 0 Å². The molecule has 1 N–H and O–H groups in total. The Labute approximate surface area is 116 Å². The summed E-state index contributed by atoms with van der Waals surface area (Å²) in [5.74, 6) is -0.442. The molecule has 0 bridgehead atoms. The van der Waals surface area contributed by atoms with E-state index in [1.807, 2.05) is 13.8 Å². The average Bonchev–Trinajstić information content (AvgIpc) is 2.40. The zero-order valence-corrected chi connectivity index (χ0v) is 12.2. The molecule has 1 aromatic rings. The lowest BCUT2D eigenvalue weighted by molar-refractivity contribution is -0.247. The normalized spacial score (nSPS) is 19.3. The Bertz CT molecular complexity index is 376. The van der Waals surface area contributed by atoms with Crippen molar-refractivity contribution in [2.24, 2.45) is 0 Å².